The molecule has 23 heavy (non-hydrogen) atoms. The monoisotopic (exact) mass is 340 g/mol. The number of aromatic nitrogens is 1. The Morgan fingerprint density at radius 2 is 1.61 bits per heavy atom. The summed E-state index contributed by atoms with van der Waals surface area (Å²) in [6, 6.07) is 3.08. The summed E-state index contributed by atoms with van der Waals surface area (Å²) in [6.45, 7) is 2.24. The highest BCUT2D eigenvalue weighted by Crippen LogP contribution is 2.18. The van der Waals surface area contributed by atoms with E-state index in [0.717, 1.165) is 12.8 Å². The highest BCUT2D eigenvalue weighted by atomic mass is 32.2. The molecule has 1 N–H and O–H groups in total. The van der Waals surface area contributed by atoms with Gasteiger partial charge in [-0.1, -0.05) is 0 Å². The summed E-state index contributed by atoms with van der Waals surface area (Å²) in [5.41, 5.74) is -0.340. The summed E-state index contributed by atoms with van der Waals surface area (Å²) >= 11 is 0. The van der Waals surface area contributed by atoms with E-state index in [2.05, 4.69) is 4.98 Å². The van der Waals surface area contributed by atoms with Crippen LogP contribution in [0.4, 0.5) is 0 Å². The van der Waals surface area contributed by atoms with E-state index in [0.29, 0.717) is 26.2 Å². The van der Waals surface area contributed by atoms with E-state index in [-0.39, 0.29) is 24.6 Å². The highest BCUT2D eigenvalue weighted by molar-refractivity contribution is 7.86. The van der Waals surface area contributed by atoms with Crippen molar-refractivity contribution in [3.63, 3.8) is 0 Å². The Bertz CT molecular complexity index is 731. The number of H-pyrrole nitrogens is 1. The van der Waals surface area contributed by atoms with E-state index < -0.39 is 15.8 Å². The number of rotatable bonds is 3. The van der Waals surface area contributed by atoms with Crippen LogP contribution in [0, 0.1) is 0 Å². The minimum Gasteiger partial charge on any atom is -0.336 e. The van der Waals surface area contributed by atoms with E-state index >= 15 is 0 Å². The number of nitrogens with one attached hydrogen (secondary N) is 1. The first-order valence-electron chi connectivity index (χ1n) is 7.72. The lowest BCUT2D eigenvalue weighted by atomic mass is 10.2. The average Bonchev–Trinajstić information content (AvgIpc) is 3.10. The van der Waals surface area contributed by atoms with Crippen molar-refractivity contribution in [3.8, 4) is 0 Å². The van der Waals surface area contributed by atoms with Crippen LogP contribution in [-0.2, 0) is 10.2 Å². The van der Waals surface area contributed by atoms with E-state index in [4.69, 9.17) is 0 Å². The summed E-state index contributed by atoms with van der Waals surface area (Å²) < 4.78 is 27.9. The molecule has 0 aromatic carbocycles. The number of pyridine rings is 1. The van der Waals surface area contributed by atoms with Gasteiger partial charge in [-0.2, -0.15) is 17.0 Å². The zero-order valence-corrected chi connectivity index (χ0v) is 13.6. The van der Waals surface area contributed by atoms with Gasteiger partial charge in [0.2, 0.25) is 0 Å². The van der Waals surface area contributed by atoms with Gasteiger partial charge < -0.3 is 9.88 Å². The molecule has 1 aromatic rings. The molecule has 0 spiro atoms. The second-order valence-electron chi connectivity index (χ2n) is 5.72. The molecule has 9 heteroatoms. The smallest absolute Gasteiger partial charge is 0.282 e. The Hall–Kier alpha value is -1.71. The predicted molar refractivity (Wildman–Crippen MR) is 84.3 cm³/mol. The van der Waals surface area contributed by atoms with Crippen LogP contribution in [0.2, 0.25) is 0 Å². The lowest BCUT2D eigenvalue weighted by Gasteiger charge is -2.35. The van der Waals surface area contributed by atoms with Gasteiger partial charge in [-0.25, -0.2) is 0 Å². The maximum atomic E-state index is 12.5. The second kappa shape index (κ2) is 6.42. The summed E-state index contributed by atoms with van der Waals surface area (Å²) in [6.07, 6.45) is 3.27. The number of hydrogen-bond acceptors (Lipinski definition) is 4. The lowest BCUT2D eigenvalue weighted by Crippen LogP contribution is -2.54. The van der Waals surface area contributed by atoms with Crippen molar-refractivity contribution in [3.05, 3.63) is 34.2 Å². The Labute approximate surface area is 134 Å². The Morgan fingerprint density at radius 1 is 1.00 bits per heavy atom. The number of amides is 1. The third-order valence-corrected chi connectivity index (χ3v) is 6.33. The second-order valence-corrected chi connectivity index (χ2v) is 7.65. The van der Waals surface area contributed by atoms with Crippen LogP contribution in [0.5, 0.6) is 0 Å². The van der Waals surface area contributed by atoms with E-state index in [1.807, 2.05) is 0 Å². The van der Waals surface area contributed by atoms with Crippen molar-refractivity contribution in [2.24, 2.45) is 0 Å². The third kappa shape index (κ3) is 3.17. The molecule has 3 heterocycles. The van der Waals surface area contributed by atoms with Crippen molar-refractivity contribution in [1.29, 1.82) is 0 Å². The van der Waals surface area contributed by atoms with Gasteiger partial charge in [-0.15, -0.1) is 0 Å². The fourth-order valence-electron chi connectivity index (χ4n) is 2.96. The number of hydrogen-bond donors (Lipinski definition) is 1. The lowest BCUT2D eigenvalue weighted by molar-refractivity contribution is 0.0692. The molecule has 1 aromatic heterocycles. The topological polar surface area (TPSA) is 93.8 Å². The molecule has 2 aliphatic heterocycles. The van der Waals surface area contributed by atoms with Gasteiger partial charge in [0.05, 0.1) is 0 Å². The van der Waals surface area contributed by atoms with Crippen molar-refractivity contribution < 1.29 is 13.2 Å². The fourth-order valence-corrected chi connectivity index (χ4v) is 4.64. The molecule has 2 saturated heterocycles. The number of aromatic amines is 1. The van der Waals surface area contributed by atoms with Crippen molar-refractivity contribution in [2.45, 2.75) is 12.8 Å². The Kier molecular flexibility index (Phi) is 4.51. The molecule has 3 rings (SSSR count). The molecule has 0 bridgehead atoms. The van der Waals surface area contributed by atoms with Crippen LogP contribution >= 0.6 is 0 Å². The van der Waals surface area contributed by atoms with Crippen LogP contribution < -0.4 is 5.56 Å². The quantitative estimate of drug-likeness (QED) is 0.801. The minimum atomic E-state index is -3.42. The van der Waals surface area contributed by atoms with E-state index in [1.54, 1.807) is 6.07 Å². The minimum absolute atomic E-state index is 0.0864. The fraction of sp³-hybridized carbons (Fsp3) is 0.571. The van der Waals surface area contributed by atoms with Crippen LogP contribution in [-0.4, -0.2) is 72.1 Å². The van der Waals surface area contributed by atoms with Gasteiger partial charge in [0.15, 0.2) is 0 Å². The SMILES string of the molecule is O=C(c1ccc[nH]c1=O)N1CCN(S(=O)(=O)N2CCCC2)CC1. The molecule has 2 aliphatic rings. The van der Waals surface area contributed by atoms with Crippen LogP contribution in [0.15, 0.2) is 23.1 Å². The number of carbonyl (C=O) groups is 1. The van der Waals surface area contributed by atoms with Gasteiger partial charge in [0.1, 0.15) is 5.56 Å². The first-order valence-corrected chi connectivity index (χ1v) is 9.12. The number of piperazine rings is 1. The molecule has 8 nitrogen and oxygen atoms in total. The molecular formula is C14H20N4O4S. The van der Waals surface area contributed by atoms with Crippen molar-refractivity contribution in [2.75, 3.05) is 39.3 Å². The maximum Gasteiger partial charge on any atom is 0.282 e. The predicted octanol–water partition coefficient (Wildman–Crippen LogP) is -0.527. The van der Waals surface area contributed by atoms with Crippen molar-refractivity contribution in [1.82, 2.24) is 18.5 Å². The third-order valence-electron chi connectivity index (χ3n) is 4.29. The zero-order chi connectivity index (χ0) is 16.4. The molecular weight excluding hydrogens is 320 g/mol. The van der Waals surface area contributed by atoms with Crippen LogP contribution in [0.25, 0.3) is 0 Å². The molecule has 0 aliphatic carbocycles. The summed E-state index contributed by atoms with van der Waals surface area (Å²) in [5.74, 6) is -0.356. The zero-order valence-electron chi connectivity index (χ0n) is 12.8. The van der Waals surface area contributed by atoms with Gasteiger partial charge in [-0.3, -0.25) is 9.59 Å². The normalized spacial score (nSPS) is 20.8. The van der Waals surface area contributed by atoms with Crippen molar-refractivity contribution >= 4 is 16.1 Å². The van der Waals surface area contributed by atoms with Crippen LogP contribution in [0.1, 0.15) is 23.2 Å². The molecule has 0 unspecified atom stereocenters. The molecule has 2 fully saturated rings. The van der Waals surface area contributed by atoms with Gasteiger partial charge >= 0.3 is 0 Å². The Balaban J connectivity index is 1.66. The van der Waals surface area contributed by atoms with Gasteiger partial charge in [-0.05, 0) is 25.0 Å². The Morgan fingerprint density at radius 3 is 2.22 bits per heavy atom. The average molecular weight is 340 g/mol. The molecule has 0 radical (unpaired) electrons. The maximum absolute atomic E-state index is 12.5. The van der Waals surface area contributed by atoms with Gasteiger partial charge in [0, 0.05) is 45.5 Å². The summed E-state index contributed by atoms with van der Waals surface area (Å²) in [7, 11) is -3.42. The standard InChI is InChI=1S/C14H20N4O4S/c19-13-12(4-3-5-15-13)14(20)16-8-10-18(11-9-16)23(21,22)17-6-1-2-7-17/h3-5H,1-2,6-11H2,(H,15,19). The van der Waals surface area contributed by atoms with Gasteiger partial charge in [0.25, 0.3) is 21.7 Å². The largest absolute Gasteiger partial charge is 0.336 e. The first kappa shape index (κ1) is 16.2. The van der Waals surface area contributed by atoms with E-state index in [9.17, 15) is 18.0 Å². The molecule has 0 atom stereocenters. The summed E-state index contributed by atoms with van der Waals surface area (Å²) in [4.78, 5) is 28.0. The number of nitrogens with zero attached hydrogens (tertiary/aromatic N) is 3. The summed E-state index contributed by atoms with van der Waals surface area (Å²) in [5, 5.41) is 0. The van der Waals surface area contributed by atoms with Crippen LogP contribution in [0.3, 0.4) is 0 Å². The first-order chi connectivity index (χ1) is 11.0. The molecule has 126 valence electrons. The molecule has 1 amide bonds. The highest BCUT2D eigenvalue weighted by Gasteiger charge is 2.35. The van der Waals surface area contributed by atoms with E-state index in [1.165, 1.54) is 25.8 Å². The molecule has 0 saturated carbocycles. The number of carbonyl (C=O) groups excluding carboxylic acids is 1.